The van der Waals surface area contributed by atoms with Gasteiger partial charge >= 0.3 is 0 Å². The van der Waals surface area contributed by atoms with Gasteiger partial charge in [-0.2, -0.15) is 0 Å². The monoisotopic (exact) mass is 310 g/mol. The van der Waals surface area contributed by atoms with Crippen LogP contribution in [0.4, 0.5) is 11.4 Å². The highest BCUT2D eigenvalue weighted by Crippen LogP contribution is 2.19. The first-order chi connectivity index (χ1) is 11.1. The normalized spacial score (nSPS) is 16.6. The van der Waals surface area contributed by atoms with E-state index in [1.54, 1.807) is 42.6 Å². The van der Waals surface area contributed by atoms with Gasteiger partial charge < -0.3 is 16.0 Å². The van der Waals surface area contributed by atoms with Gasteiger partial charge in [-0.05, 0) is 24.3 Å². The van der Waals surface area contributed by atoms with Crippen LogP contribution in [0.2, 0.25) is 0 Å². The Kier molecular flexibility index (Phi) is 4.01. The van der Waals surface area contributed by atoms with Gasteiger partial charge in [-0.1, -0.05) is 12.1 Å². The van der Waals surface area contributed by atoms with Gasteiger partial charge in [0.15, 0.2) is 0 Å². The number of aromatic nitrogens is 1. The maximum atomic E-state index is 12.2. The predicted molar refractivity (Wildman–Crippen MR) is 83.8 cm³/mol. The molecule has 1 atom stereocenters. The van der Waals surface area contributed by atoms with Crippen LogP contribution < -0.4 is 16.0 Å². The second-order valence-electron chi connectivity index (χ2n) is 5.05. The summed E-state index contributed by atoms with van der Waals surface area (Å²) >= 11 is 0. The molecule has 0 fully saturated rings. The molecule has 7 nitrogen and oxygen atoms in total. The van der Waals surface area contributed by atoms with Crippen LogP contribution in [-0.2, 0) is 9.59 Å². The highest BCUT2D eigenvalue weighted by Gasteiger charge is 2.29. The number of carbonyl (C=O) groups is 3. The molecule has 0 spiro atoms. The largest absolute Gasteiger partial charge is 0.340 e. The topological polar surface area (TPSA) is 100 Å². The Hall–Kier alpha value is -3.22. The summed E-state index contributed by atoms with van der Waals surface area (Å²) in [4.78, 5) is 40.3. The van der Waals surface area contributed by atoms with Crippen molar-refractivity contribution in [2.24, 2.45) is 0 Å². The van der Waals surface area contributed by atoms with Gasteiger partial charge in [0.05, 0.1) is 29.6 Å². The molecule has 0 radical (unpaired) electrons. The summed E-state index contributed by atoms with van der Waals surface area (Å²) in [5.41, 5.74) is 1.34. The van der Waals surface area contributed by atoms with Crippen LogP contribution in [0.15, 0.2) is 48.8 Å². The third-order valence-corrected chi connectivity index (χ3v) is 3.39. The third-order valence-electron chi connectivity index (χ3n) is 3.39. The minimum Gasteiger partial charge on any atom is -0.340 e. The number of para-hydroxylation sites is 1. The maximum Gasteiger partial charge on any atom is 0.254 e. The van der Waals surface area contributed by atoms with Crippen molar-refractivity contribution in [2.75, 3.05) is 10.6 Å². The Labute approximate surface area is 132 Å². The van der Waals surface area contributed by atoms with E-state index in [2.05, 4.69) is 20.9 Å². The fourth-order valence-electron chi connectivity index (χ4n) is 2.29. The summed E-state index contributed by atoms with van der Waals surface area (Å²) in [6.07, 6.45) is 2.92. The molecule has 116 valence electrons. The van der Waals surface area contributed by atoms with Crippen LogP contribution >= 0.6 is 0 Å². The molecule has 0 bridgehead atoms. The Morgan fingerprint density at radius 3 is 2.78 bits per heavy atom. The quantitative estimate of drug-likeness (QED) is 0.792. The number of amides is 3. The third kappa shape index (κ3) is 3.34. The zero-order valence-corrected chi connectivity index (χ0v) is 12.1. The Morgan fingerprint density at radius 2 is 2.00 bits per heavy atom. The summed E-state index contributed by atoms with van der Waals surface area (Å²) < 4.78 is 0. The van der Waals surface area contributed by atoms with Crippen molar-refractivity contribution in [3.8, 4) is 0 Å². The van der Waals surface area contributed by atoms with Gasteiger partial charge in [-0.3, -0.25) is 19.4 Å². The Bertz CT molecular complexity index is 761. The van der Waals surface area contributed by atoms with Crippen molar-refractivity contribution in [1.82, 2.24) is 10.3 Å². The van der Waals surface area contributed by atoms with Gasteiger partial charge in [-0.25, -0.2) is 0 Å². The summed E-state index contributed by atoms with van der Waals surface area (Å²) in [6, 6.07) is 9.13. The molecule has 1 aromatic carbocycles. The smallest absolute Gasteiger partial charge is 0.254 e. The van der Waals surface area contributed by atoms with Crippen LogP contribution in [0.5, 0.6) is 0 Å². The highest BCUT2D eigenvalue weighted by molar-refractivity contribution is 6.11. The average molecular weight is 310 g/mol. The van der Waals surface area contributed by atoms with E-state index in [9.17, 15) is 14.4 Å². The van der Waals surface area contributed by atoms with Gasteiger partial charge in [0, 0.05) is 6.20 Å². The first kappa shape index (κ1) is 14.7. The van der Waals surface area contributed by atoms with Gasteiger partial charge in [0.1, 0.15) is 6.04 Å². The van der Waals surface area contributed by atoms with Crippen LogP contribution in [-0.4, -0.2) is 28.7 Å². The van der Waals surface area contributed by atoms with Crippen molar-refractivity contribution in [2.45, 2.75) is 12.5 Å². The minimum absolute atomic E-state index is 0.166. The van der Waals surface area contributed by atoms with E-state index in [1.807, 2.05) is 0 Å². The van der Waals surface area contributed by atoms with Crippen LogP contribution in [0.3, 0.4) is 0 Å². The van der Waals surface area contributed by atoms with Gasteiger partial charge in [-0.15, -0.1) is 0 Å². The van der Waals surface area contributed by atoms with Crippen molar-refractivity contribution in [3.63, 3.8) is 0 Å². The molecule has 2 aromatic rings. The summed E-state index contributed by atoms with van der Waals surface area (Å²) in [5, 5.41) is 7.87. The average Bonchev–Trinajstić information content (AvgIpc) is 2.66. The van der Waals surface area contributed by atoms with Gasteiger partial charge in [0.25, 0.3) is 5.91 Å². The molecule has 3 amide bonds. The van der Waals surface area contributed by atoms with Crippen LogP contribution in [0, 0.1) is 0 Å². The fraction of sp³-hybridized carbons (Fsp3) is 0.125. The molecule has 0 unspecified atom stereocenters. The molecule has 3 N–H and O–H groups in total. The number of carbonyl (C=O) groups excluding carboxylic acids is 3. The zero-order chi connectivity index (χ0) is 16.2. The molecular weight excluding hydrogens is 296 g/mol. The maximum absolute atomic E-state index is 12.2. The Morgan fingerprint density at radius 1 is 1.17 bits per heavy atom. The fourth-order valence-corrected chi connectivity index (χ4v) is 2.29. The van der Waals surface area contributed by atoms with Crippen molar-refractivity contribution < 1.29 is 14.4 Å². The number of fused-ring (bicyclic) bond motifs is 1. The first-order valence-electron chi connectivity index (χ1n) is 7.04. The van der Waals surface area contributed by atoms with E-state index in [1.165, 1.54) is 6.20 Å². The van der Waals surface area contributed by atoms with Crippen molar-refractivity contribution >= 4 is 29.1 Å². The molecule has 0 saturated carbocycles. The number of nitrogens with zero attached hydrogens (tertiary/aromatic N) is 1. The van der Waals surface area contributed by atoms with Crippen molar-refractivity contribution in [1.29, 1.82) is 0 Å². The minimum atomic E-state index is -0.938. The number of anilines is 2. The van der Waals surface area contributed by atoms with E-state index in [0.717, 1.165) is 0 Å². The molecule has 0 saturated heterocycles. The summed E-state index contributed by atoms with van der Waals surface area (Å²) in [5.74, 6) is -1.20. The van der Waals surface area contributed by atoms with E-state index >= 15 is 0 Å². The van der Waals surface area contributed by atoms with Gasteiger partial charge in [0.2, 0.25) is 11.8 Å². The molecule has 2 heterocycles. The lowest BCUT2D eigenvalue weighted by molar-refractivity contribution is -0.122. The molecule has 1 aliphatic heterocycles. The molecule has 23 heavy (non-hydrogen) atoms. The lowest BCUT2D eigenvalue weighted by atomic mass is 10.1. The first-order valence-corrected chi connectivity index (χ1v) is 7.04. The van der Waals surface area contributed by atoms with E-state index < -0.39 is 17.9 Å². The molecule has 1 aromatic heterocycles. The molecule has 7 heteroatoms. The SMILES string of the molecule is O=C(C[C@@H]1NC(=O)c2ccccc2NC1=O)Nc1cccnc1. The van der Waals surface area contributed by atoms with E-state index in [4.69, 9.17) is 0 Å². The number of nitrogens with one attached hydrogen (secondary N) is 3. The number of rotatable bonds is 3. The predicted octanol–water partition coefficient (Wildman–Crippen LogP) is 1.16. The number of hydrogen-bond donors (Lipinski definition) is 3. The molecule has 1 aliphatic rings. The number of pyridine rings is 1. The van der Waals surface area contributed by atoms with Crippen LogP contribution in [0.25, 0.3) is 0 Å². The molecule has 3 rings (SSSR count). The second-order valence-corrected chi connectivity index (χ2v) is 5.05. The zero-order valence-electron chi connectivity index (χ0n) is 12.1. The highest BCUT2D eigenvalue weighted by atomic mass is 16.2. The second kappa shape index (κ2) is 6.27. The summed E-state index contributed by atoms with van der Waals surface area (Å²) in [6.45, 7) is 0. The molecular formula is C16H14N4O3. The van der Waals surface area contributed by atoms with Crippen LogP contribution in [0.1, 0.15) is 16.8 Å². The standard InChI is InChI=1S/C16H14N4O3/c21-14(18-10-4-3-7-17-9-10)8-13-16(23)19-12-6-2-1-5-11(12)15(22)20-13/h1-7,9,13H,8H2,(H,18,21)(H,19,23)(H,20,22)/t13-/m0/s1. The Balaban J connectivity index is 1.70. The van der Waals surface area contributed by atoms with Crippen molar-refractivity contribution in [3.05, 3.63) is 54.4 Å². The number of benzene rings is 1. The number of hydrogen-bond acceptors (Lipinski definition) is 4. The lowest BCUT2D eigenvalue weighted by Crippen LogP contribution is -2.43. The summed E-state index contributed by atoms with van der Waals surface area (Å²) in [7, 11) is 0. The van der Waals surface area contributed by atoms with E-state index in [-0.39, 0.29) is 12.3 Å². The molecule has 0 aliphatic carbocycles. The lowest BCUT2D eigenvalue weighted by Gasteiger charge is -2.14. The van der Waals surface area contributed by atoms with E-state index in [0.29, 0.717) is 16.9 Å².